The predicted molar refractivity (Wildman–Crippen MR) is 83.6 cm³/mol. The summed E-state index contributed by atoms with van der Waals surface area (Å²) in [7, 11) is -3.53. The summed E-state index contributed by atoms with van der Waals surface area (Å²) in [5.74, 6) is -1.69. The molecule has 1 fully saturated rings. The zero-order chi connectivity index (χ0) is 17.0. The fourth-order valence-electron chi connectivity index (χ4n) is 2.37. The molecule has 7 nitrogen and oxygen atoms in total. The molecule has 1 heterocycles. The number of carbonyl (C=O) groups is 2. The van der Waals surface area contributed by atoms with Crippen molar-refractivity contribution in [3.05, 3.63) is 29.8 Å². The SMILES string of the molecule is CC(NC(=O)c1ccc(S(=O)(=O)N2CCCCC2)cc1)C(=O)O. The molecule has 0 bridgehead atoms. The topological polar surface area (TPSA) is 104 Å². The second-order valence-corrected chi connectivity index (χ2v) is 7.46. The van der Waals surface area contributed by atoms with E-state index < -0.39 is 27.9 Å². The van der Waals surface area contributed by atoms with Crippen LogP contribution in [0.15, 0.2) is 29.2 Å². The lowest BCUT2D eigenvalue weighted by Crippen LogP contribution is -2.38. The zero-order valence-electron chi connectivity index (χ0n) is 12.9. The number of sulfonamides is 1. The summed E-state index contributed by atoms with van der Waals surface area (Å²) in [6, 6.07) is 4.52. The van der Waals surface area contributed by atoms with E-state index in [9.17, 15) is 18.0 Å². The fourth-order valence-corrected chi connectivity index (χ4v) is 3.89. The van der Waals surface area contributed by atoms with Gasteiger partial charge in [-0.2, -0.15) is 4.31 Å². The number of carboxylic acids is 1. The van der Waals surface area contributed by atoms with Gasteiger partial charge in [0.15, 0.2) is 0 Å². The minimum atomic E-state index is -3.53. The molecule has 1 aromatic carbocycles. The maximum Gasteiger partial charge on any atom is 0.325 e. The Morgan fingerprint density at radius 1 is 1.13 bits per heavy atom. The molecular formula is C15H20N2O5S. The molecule has 1 unspecified atom stereocenters. The van der Waals surface area contributed by atoms with Gasteiger partial charge in [0.2, 0.25) is 10.0 Å². The Hall–Kier alpha value is -1.93. The molecule has 0 aromatic heterocycles. The summed E-state index contributed by atoms with van der Waals surface area (Å²) in [4.78, 5) is 22.8. The Kier molecular flexibility index (Phi) is 5.38. The van der Waals surface area contributed by atoms with E-state index in [-0.39, 0.29) is 10.5 Å². The van der Waals surface area contributed by atoms with E-state index in [1.165, 1.54) is 35.5 Å². The van der Waals surface area contributed by atoms with Crippen LogP contribution in [-0.4, -0.2) is 48.8 Å². The van der Waals surface area contributed by atoms with Crippen LogP contribution in [0.3, 0.4) is 0 Å². The van der Waals surface area contributed by atoms with Crippen LogP contribution < -0.4 is 5.32 Å². The lowest BCUT2D eigenvalue weighted by Gasteiger charge is -2.25. The van der Waals surface area contributed by atoms with Crippen LogP contribution in [0.25, 0.3) is 0 Å². The van der Waals surface area contributed by atoms with Crippen molar-refractivity contribution in [3.63, 3.8) is 0 Å². The monoisotopic (exact) mass is 340 g/mol. The van der Waals surface area contributed by atoms with E-state index in [1.54, 1.807) is 0 Å². The van der Waals surface area contributed by atoms with Crippen molar-refractivity contribution in [2.45, 2.75) is 37.1 Å². The van der Waals surface area contributed by atoms with Crippen molar-refractivity contribution < 1.29 is 23.1 Å². The lowest BCUT2D eigenvalue weighted by atomic mass is 10.2. The first-order chi connectivity index (χ1) is 10.8. The third-order valence-electron chi connectivity index (χ3n) is 3.79. The third-order valence-corrected chi connectivity index (χ3v) is 5.70. The van der Waals surface area contributed by atoms with E-state index in [4.69, 9.17) is 5.11 Å². The average Bonchev–Trinajstić information content (AvgIpc) is 2.55. The summed E-state index contributed by atoms with van der Waals surface area (Å²) in [6.45, 7) is 2.39. The van der Waals surface area contributed by atoms with Gasteiger partial charge in [0.1, 0.15) is 6.04 Å². The minimum Gasteiger partial charge on any atom is -0.480 e. The van der Waals surface area contributed by atoms with Crippen molar-refractivity contribution in [1.82, 2.24) is 9.62 Å². The van der Waals surface area contributed by atoms with Gasteiger partial charge in [-0.15, -0.1) is 0 Å². The summed E-state index contributed by atoms with van der Waals surface area (Å²) in [6.07, 6.45) is 2.74. The number of aliphatic carboxylic acids is 1. The summed E-state index contributed by atoms with van der Waals surface area (Å²) >= 11 is 0. The molecule has 1 aliphatic rings. The molecule has 23 heavy (non-hydrogen) atoms. The molecule has 2 N–H and O–H groups in total. The van der Waals surface area contributed by atoms with Crippen LogP contribution in [0.2, 0.25) is 0 Å². The molecule has 1 atom stereocenters. The number of benzene rings is 1. The predicted octanol–water partition coefficient (Wildman–Crippen LogP) is 1.06. The summed E-state index contributed by atoms with van der Waals surface area (Å²) in [5.41, 5.74) is 0.218. The van der Waals surface area contributed by atoms with Gasteiger partial charge in [-0.3, -0.25) is 9.59 Å². The maximum atomic E-state index is 12.5. The highest BCUT2D eigenvalue weighted by atomic mass is 32.2. The molecule has 2 rings (SSSR count). The van der Waals surface area contributed by atoms with Gasteiger partial charge in [-0.1, -0.05) is 6.42 Å². The van der Waals surface area contributed by atoms with Crippen LogP contribution in [0.5, 0.6) is 0 Å². The van der Waals surface area contributed by atoms with Crippen LogP contribution in [0, 0.1) is 0 Å². The number of rotatable bonds is 5. The Labute approximate surface area is 135 Å². The second kappa shape index (κ2) is 7.10. The summed E-state index contributed by atoms with van der Waals surface area (Å²) < 4.78 is 26.4. The van der Waals surface area contributed by atoms with E-state index >= 15 is 0 Å². The van der Waals surface area contributed by atoms with Gasteiger partial charge < -0.3 is 10.4 Å². The molecule has 126 valence electrons. The van der Waals surface area contributed by atoms with Gasteiger partial charge in [0.05, 0.1) is 4.90 Å². The van der Waals surface area contributed by atoms with E-state index in [0.717, 1.165) is 19.3 Å². The van der Waals surface area contributed by atoms with E-state index in [0.29, 0.717) is 13.1 Å². The van der Waals surface area contributed by atoms with Gasteiger partial charge >= 0.3 is 5.97 Å². The first-order valence-corrected chi connectivity index (χ1v) is 8.90. The van der Waals surface area contributed by atoms with Crippen LogP contribution in [0.1, 0.15) is 36.5 Å². The largest absolute Gasteiger partial charge is 0.480 e. The van der Waals surface area contributed by atoms with Crippen LogP contribution in [0.4, 0.5) is 0 Å². The number of nitrogens with one attached hydrogen (secondary N) is 1. The maximum absolute atomic E-state index is 12.5. The van der Waals surface area contributed by atoms with Crippen molar-refractivity contribution in [1.29, 1.82) is 0 Å². The normalized spacial score (nSPS) is 17.4. The van der Waals surface area contributed by atoms with Crippen molar-refractivity contribution in [2.24, 2.45) is 0 Å². The first-order valence-electron chi connectivity index (χ1n) is 7.46. The second-order valence-electron chi connectivity index (χ2n) is 5.52. The molecule has 0 spiro atoms. The third kappa shape index (κ3) is 4.08. The molecule has 1 amide bonds. The number of hydrogen-bond acceptors (Lipinski definition) is 4. The smallest absolute Gasteiger partial charge is 0.325 e. The number of nitrogens with zero attached hydrogens (tertiary/aromatic N) is 1. The molecule has 0 radical (unpaired) electrons. The highest BCUT2D eigenvalue weighted by Crippen LogP contribution is 2.20. The molecule has 0 saturated carbocycles. The van der Waals surface area contributed by atoms with Crippen molar-refractivity contribution >= 4 is 21.9 Å². The lowest BCUT2D eigenvalue weighted by molar-refractivity contribution is -0.138. The average molecular weight is 340 g/mol. The molecular weight excluding hydrogens is 320 g/mol. The molecule has 1 saturated heterocycles. The number of amides is 1. The van der Waals surface area contributed by atoms with Gasteiger partial charge in [0.25, 0.3) is 5.91 Å². The first kappa shape index (κ1) is 17.4. The highest BCUT2D eigenvalue weighted by molar-refractivity contribution is 7.89. The Balaban J connectivity index is 2.12. The van der Waals surface area contributed by atoms with Crippen LogP contribution in [-0.2, 0) is 14.8 Å². The Morgan fingerprint density at radius 2 is 1.70 bits per heavy atom. The number of carboxylic acid groups (broad SMARTS) is 1. The van der Waals surface area contributed by atoms with Crippen molar-refractivity contribution in [2.75, 3.05) is 13.1 Å². The van der Waals surface area contributed by atoms with E-state index in [2.05, 4.69) is 5.32 Å². The summed E-state index contributed by atoms with van der Waals surface area (Å²) in [5, 5.41) is 11.1. The quantitative estimate of drug-likeness (QED) is 0.834. The Bertz CT molecular complexity index is 678. The van der Waals surface area contributed by atoms with Gasteiger partial charge in [-0.05, 0) is 44.0 Å². The van der Waals surface area contributed by atoms with Gasteiger partial charge in [-0.25, -0.2) is 8.42 Å². The minimum absolute atomic E-state index is 0.141. The molecule has 0 aliphatic carbocycles. The standard InChI is InChI=1S/C15H20N2O5S/c1-11(15(19)20)16-14(18)12-5-7-13(8-6-12)23(21,22)17-9-3-2-4-10-17/h5-8,11H,2-4,9-10H2,1H3,(H,16,18)(H,19,20). The molecule has 1 aromatic rings. The number of hydrogen-bond donors (Lipinski definition) is 2. The van der Waals surface area contributed by atoms with Gasteiger partial charge in [0, 0.05) is 18.7 Å². The molecule has 1 aliphatic heterocycles. The van der Waals surface area contributed by atoms with E-state index in [1.807, 2.05) is 0 Å². The van der Waals surface area contributed by atoms with Crippen LogP contribution >= 0.6 is 0 Å². The Morgan fingerprint density at radius 3 is 2.22 bits per heavy atom. The molecule has 8 heteroatoms. The highest BCUT2D eigenvalue weighted by Gasteiger charge is 2.26. The number of piperidine rings is 1. The zero-order valence-corrected chi connectivity index (χ0v) is 13.7. The fraction of sp³-hybridized carbons (Fsp3) is 0.467. The van der Waals surface area contributed by atoms with Crippen molar-refractivity contribution in [3.8, 4) is 0 Å². The number of carbonyl (C=O) groups excluding carboxylic acids is 1.